The van der Waals surface area contributed by atoms with Crippen LogP contribution < -0.4 is 0 Å². The van der Waals surface area contributed by atoms with Crippen LogP contribution in [-0.4, -0.2) is 19.0 Å². The van der Waals surface area contributed by atoms with Crippen LogP contribution in [0.4, 0.5) is 8.78 Å². The highest BCUT2D eigenvalue weighted by Crippen LogP contribution is 2.14. The molecule has 0 atom stereocenters. The molecular weight excluding hydrogens is 214 g/mol. The van der Waals surface area contributed by atoms with Crippen molar-refractivity contribution >= 4 is 5.97 Å². The van der Waals surface area contributed by atoms with Crippen LogP contribution in [-0.2, 0) is 9.53 Å². The van der Waals surface area contributed by atoms with Crippen molar-refractivity contribution in [2.24, 2.45) is 0 Å². The molecule has 0 fully saturated rings. The molecule has 0 aliphatic rings. The SMILES string of the molecule is COC(=O)C(F)(F)C#Cc1ccccc1C. The molecule has 0 aromatic heterocycles. The minimum absolute atomic E-state index is 0.464. The molecule has 1 rings (SSSR count). The van der Waals surface area contributed by atoms with E-state index in [1.165, 1.54) is 0 Å². The fraction of sp³-hybridized carbons (Fsp3) is 0.250. The molecule has 84 valence electrons. The lowest BCUT2D eigenvalue weighted by Gasteiger charge is -2.05. The molecule has 0 amide bonds. The van der Waals surface area contributed by atoms with E-state index in [4.69, 9.17) is 0 Å². The molecule has 0 aliphatic heterocycles. The minimum Gasteiger partial charge on any atom is -0.464 e. The molecule has 0 saturated heterocycles. The number of alkyl halides is 2. The van der Waals surface area contributed by atoms with Gasteiger partial charge in [-0.15, -0.1) is 0 Å². The molecule has 16 heavy (non-hydrogen) atoms. The number of carbonyl (C=O) groups is 1. The highest BCUT2D eigenvalue weighted by molar-refractivity contribution is 5.81. The van der Waals surface area contributed by atoms with Crippen LogP contribution in [0.15, 0.2) is 24.3 Å². The van der Waals surface area contributed by atoms with Crippen LogP contribution in [0.1, 0.15) is 11.1 Å². The molecule has 0 saturated carbocycles. The third-order valence-electron chi connectivity index (χ3n) is 1.94. The van der Waals surface area contributed by atoms with Crippen molar-refractivity contribution in [2.75, 3.05) is 7.11 Å². The van der Waals surface area contributed by atoms with Gasteiger partial charge in [0.25, 0.3) is 0 Å². The van der Waals surface area contributed by atoms with Crippen molar-refractivity contribution in [3.63, 3.8) is 0 Å². The Kier molecular flexibility index (Phi) is 3.62. The predicted molar refractivity (Wildman–Crippen MR) is 55.0 cm³/mol. The van der Waals surface area contributed by atoms with Crippen LogP contribution in [0, 0.1) is 18.8 Å². The topological polar surface area (TPSA) is 26.3 Å². The minimum atomic E-state index is -3.77. The first-order chi connectivity index (χ1) is 7.47. The molecule has 0 aliphatic carbocycles. The zero-order valence-corrected chi connectivity index (χ0v) is 8.88. The lowest BCUT2D eigenvalue weighted by Crippen LogP contribution is -2.27. The van der Waals surface area contributed by atoms with E-state index in [1.54, 1.807) is 37.1 Å². The van der Waals surface area contributed by atoms with Crippen LogP contribution >= 0.6 is 0 Å². The molecule has 0 radical (unpaired) electrons. The van der Waals surface area contributed by atoms with Crippen LogP contribution in [0.3, 0.4) is 0 Å². The lowest BCUT2D eigenvalue weighted by molar-refractivity contribution is -0.160. The number of hydrogen-bond donors (Lipinski definition) is 0. The highest BCUT2D eigenvalue weighted by atomic mass is 19.3. The second-order valence-corrected chi connectivity index (χ2v) is 3.13. The highest BCUT2D eigenvalue weighted by Gasteiger charge is 2.37. The van der Waals surface area contributed by atoms with Gasteiger partial charge >= 0.3 is 11.9 Å². The second-order valence-electron chi connectivity index (χ2n) is 3.13. The summed E-state index contributed by atoms with van der Waals surface area (Å²) in [6.07, 6.45) is 0. The van der Waals surface area contributed by atoms with Gasteiger partial charge in [0.1, 0.15) is 0 Å². The number of halogens is 2. The first-order valence-electron chi connectivity index (χ1n) is 4.52. The van der Waals surface area contributed by atoms with Gasteiger partial charge in [-0.3, -0.25) is 0 Å². The quantitative estimate of drug-likeness (QED) is 0.539. The van der Waals surface area contributed by atoms with Gasteiger partial charge < -0.3 is 4.74 Å². The first kappa shape index (κ1) is 12.2. The Morgan fingerprint density at radius 2 is 2.00 bits per heavy atom. The maximum atomic E-state index is 13.0. The molecule has 1 aromatic rings. The summed E-state index contributed by atoms with van der Waals surface area (Å²) in [6.45, 7) is 1.75. The number of aryl methyl sites for hydroxylation is 1. The van der Waals surface area contributed by atoms with Crippen LogP contribution in [0.25, 0.3) is 0 Å². The number of benzene rings is 1. The second kappa shape index (κ2) is 4.75. The van der Waals surface area contributed by atoms with Gasteiger partial charge in [-0.2, -0.15) is 8.78 Å². The van der Waals surface area contributed by atoms with Gasteiger partial charge in [-0.05, 0) is 24.5 Å². The van der Waals surface area contributed by atoms with E-state index in [0.29, 0.717) is 5.56 Å². The van der Waals surface area contributed by atoms with Crippen molar-refractivity contribution in [3.05, 3.63) is 35.4 Å². The average molecular weight is 224 g/mol. The van der Waals surface area contributed by atoms with Crippen molar-refractivity contribution < 1.29 is 18.3 Å². The Labute approximate surface area is 92.2 Å². The monoisotopic (exact) mass is 224 g/mol. The molecule has 2 nitrogen and oxygen atoms in total. The molecule has 1 aromatic carbocycles. The van der Waals surface area contributed by atoms with Gasteiger partial charge in [-0.1, -0.05) is 24.1 Å². The van der Waals surface area contributed by atoms with Crippen LogP contribution in [0.2, 0.25) is 0 Å². The molecular formula is C12H10F2O2. The smallest absolute Gasteiger partial charge is 0.403 e. The Morgan fingerprint density at radius 3 is 2.56 bits per heavy atom. The Balaban J connectivity index is 2.98. The summed E-state index contributed by atoms with van der Waals surface area (Å²) in [5.41, 5.74) is 1.24. The number of ether oxygens (including phenoxy) is 1. The standard InChI is InChI=1S/C12H10F2O2/c1-9-5-3-4-6-10(9)7-8-12(13,14)11(15)16-2/h3-6H,1-2H3. The molecule has 0 unspecified atom stereocenters. The first-order valence-corrected chi connectivity index (χ1v) is 4.52. The average Bonchev–Trinajstić information content (AvgIpc) is 2.27. The van der Waals surface area contributed by atoms with Gasteiger partial charge in [0.15, 0.2) is 0 Å². The Bertz CT molecular complexity index is 456. The van der Waals surface area contributed by atoms with E-state index in [2.05, 4.69) is 10.7 Å². The molecule has 0 spiro atoms. The van der Waals surface area contributed by atoms with Gasteiger partial charge in [0.05, 0.1) is 7.11 Å². The summed E-state index contributed by atoms with van der Waals surface area (Å²) in [5, 5.41) is 0. The largest absolute Gasteiger partial charge is 0.464 e. The van der Waals surface area contributed by atoms with E-state index in [-0.39, 0.29) is 0 Å². The summed E-state index contributed by atoms with van der Waals surface area (Å²) in [6, 6.07) is 6.82. The summed E-state index contributed by atoms with van der Waals surface area (Å²) in [5.74, 6) is -1.54. The fourth-order valence-electron chi connectivity index (χ4n) is 1.04. The van der Waals surface area contributed by atoms with Crippen molar-refractivity contribution in [3.8, 4) is 11.8 Å². The van der Waals surface area contributed by atoms with Crippen LogP contribution in [0.5, 0.6) is 0 Å². The van der Waals surface area contributed by atoms with Gasteiger partial charge in [0.2, 0.25) is 0 Å². The maximum absolute atomic E-state index is 13.0. The summed E-state index contributed by atoms with van der Waals surface area (Å²) in [7, 11) is 0.895. The summed E-state index contributed by atoms with van der Waals surface area (Å²) in [4.78, 5) is 10.7. The normalized spacial score (nSPS) is 10.2. The number of hydrogen-bond acceptors (Lipinski definition) is 2. The number of methoxy groups -OCH3 is 1. The maximum Gasteiger partial charge on any atom is 0.403 e. The van der Waals surface area contributed by atoms with Crippen molar-refractivity contribution in [1.82, 2.24) is 0 Å². The van der Waals surface area contributed by atoms with Crippen molar-refractivity contribution in [1.29, 1.82) is 0 Å². The zero-order valence-electron chi connectivity index (χ0n) is 8.88. The molecule has 4 heteroatoms. The number of carbonyl (C=O) groups excluding carboxylic acids is 1. The van der Waals surface area contributed by atoms with Gasteiger partial charge in [-0.25, -0.2) is 4.79 Å². The molecule has 0 N–H and O–H groups in total. The lowest BCUT2D eigenvalue weighted by atomic mass is 10.1. The summed E-state index contributed by atoms with van der Waals surface area (Å²) < 4.78 is 29.9. The molecule has 0 heterocycles. The van der Waals surface area contributed by atoms with E-state index in [0.717, 1.165) is 12.7 Å². The Hall–Kier alpha value is -1.89. The Morgan fingerprint density at radius 1 is 1.38 bits per heavy atom. The zero-order chi connectivity index (χ0) is 12.2. The third-order valence-corrected chi connectivity index (χ3v) is 1.94. The van der Waals surface area contributed by atoms with E-state index < -0.39 is 11.9 Å². The molecule has 0 bridgehead atoms. The van der Waals surface area contributed by atoms with Crippen molar-refractivity contribution in [2.45, 2.75) is 12.8 Å². The summed E-state index contributed by atoms with van der Waals surface area (Å²) >= 11 is 0. The van der Waals surface area contributed by atoms with E-state index >= 15 is 0 Å². The third kappa shape index (κ3) is 2.80. The number of esters is 1. The predicted octanol–water partition coefficient (Wildman–Crippen LogP) is 2.15. The van der Waals surface area contributed by atoms with E-state index in [1.807, 2.05) is 0 Å². The van der Waals surface area contributed by atoms with E-state index in [9.17, 15) is 13.6 Å². The van der Waals surface area contributed by atoms with Gasteiger partial charge in [0, 0.05) is 5.56 Å². The number of rotatable bonds is 1. The fourth-order valence-corrected chi connectivity index (χ4v) is 1.04.